The van der Waals surface area contributed by atoms with Gasteiger partial charge in [-0.15, -0.1) is 13.2 Å². The Kier molecular flexibility index (Phi) is 4.98. The third-order valence-electron chi connectivity index (χ3n) is 2.54. The van der Waals surface area contributed by atoms with Gasteiger partial charge in [-0.2, -0.15) is 0 Å². The Morgan fingerprint density at radius 2 is 1.61 bits per heavy atom. The molecule has 0 saturated carbocycles. The van der Waals surface area contributed by atoms with Crippen molar-refractivity contribution in [1.29, 1.82) is 0 Å². The number of rotatable bonds is 4. The summed E-state index contributed by atoms with van der Waals surface area (Å²) in [7, 11) is -4.02. The molecule has 0 aliphatic heterocycles. The summed E-state index contributed by atoms with van der Waals surface area (Å²) >= 11 is 11.6. The van der Waals surface area contributed by atoms with Gasteiger partial charge in [0.05, 0.1) is 15.6 Å². The first-order valence-electron chi connectivity index (χ1n) is 5.90. The third-order valence-corrected chi connectivity index (χ3v) is 4.47. The van der Waals surface area contributed by atoms with Gasteiger partial charge in [0.15, 0.2) is 0 Å². The van der Waals surface area contributed by atoms with Gasteiger partial charge in [-0.3, -0.25) is 4.72 Å². The largest absolute Gasteiger partial charge is 0.573 e. The normalized spacial score (nSPS) is 12.0. The van der Waals surface area contributed by atoms with Gasteiger partial charge in [-0.1, -0.05) is 23.2 Å². The van der Waals surface area contributed by atoms with Gasteiger partial charge >= 0.3 is 6.36 Å². The minimum atomic E-state index is -4.85. The maximum atomic E-state index is 12.2. The quantitative estimate of drug-likeness (QED) is 0.830. The van der Waals surface area contributed by atoms with Gasteiger partial charge in [0.25, 0.3) is 10.0 Å². The lowest BCUT2D eigenvalue weighted by molar-refractivity contribution is -0.274. The molecule has 0 atom stereocenters. The Morgan fingerprint density at radius 3 is 2.13 bits per heavy atom. The van der Waals surface area contributed by atoms with E-state index in [2.05, 4.69) is 9.46 Å². The van der Waals surface area contributed by atoms with Crippen molar-refractivity contribution in [1.82, 2.24) is 0 Å². The lowest BCUT2D eigenvalue weighted by atomic mass is 10.3. The van der Waals surface area contributed by atoms with Crippen LogP contribution in [0.15, 0.2) is 47.4 Å². The summed E-state index contributed by atoms with van der Waals surface area (Å²) in [5.41, 5.74) is 0.0895. The standard InChI is InChI=1S/C13H8Cl2F3NO3S/c14-8-1-6-12(11(15)7-8)19-23(20,21)10-4-2-9(3-5-10)22-13(16,17)18/h1-7,19H. The van der Waals surface area contributed by atoms with Crippen molar-refractivity contribution >= 4 is 38.9 Å². The van der Waals surface area contributed by atoms with Crippen LogP contribution in [0.4, 0.5) is 18.9 Å². The zero-order valence-electron chi connectivity index (χ0n) is 11.1. The fourth-order valence-electron chi connectivity index (χ4n) is 1.60. The van der Waals surface area contributed by atoms with E-state index in [9.17, 15) is 21.6 Å². The summed E-state index contributed by atoms with van der Waals surface area (Å²) in [5, 5.41) is 0.407. The van der Waals surface area contributed by atoms with Crippen molar-refractivity contribution in [2.45, 2.75) is 11.3 Å². The first kappa shape index (κ1) is 17.7. The van der Waals surface area contributed by atoms with Crippen LogP contribution in [0.1, 0.15) is 0 Å². The zero-order valence-corrected chi connectivity index (χ0v) is 13.4. The molecule has 2 rings (SSSR count). The highest BCUT2D eigenvalue weighted by atomic mass is 35.5. The fraction of sp³-hybridized carbons (Fsp3) is 0.0769. The molecular weight excluding hydrogens is 378 g/mol. The molecule has 4 nitrogen and oxygen atoms in total. The minimum Gasteiger partial charge on any atom is -0.406 e. The SMILES string of the molecule is O=S(=O)(Nc1ccc(Cl)cc1Cl)c1ccc(OC(F)(F)F)cc1. The van der Waals surface area contributed by atoms with E-state index in [1.165, 1.54) is 18.2 Å². The van der Waals surface area contributed by atoms with Gasteiger partial charge < -0.3 is 4.74 Å². The molecule has 0 radical (unpaired) electrons. The smallest absolute Gasteiger partial charge is 0.406 e. The Hall–Kier alpha value is -1.64. The first-order chi connectivity index (χ1) is 10.6. The van der Waals surface area contributed by atoms with Gasteiger partial charge in [-0.05, 0) is 42.5 Å². The van der Waals surface area contributed by atoms with Crippen molar-refractivity contribution < 1.29 is 26.3 Å². The van der Waals surface area contributed by atoms with Crippen LogP contribution in [0.25, 0.3) is 0 Å². The van der Waals surface area contributed by atoms with E-state index in [1.54, 1.807) is 0 Å². The van der Waals surface area contributed by atoms with E-state index in [-0.39, 0.29) is 15.6 Å². The molecule has 0 aliphatic rings. The Labute approximate surface area is 139 Å². The second-order valence-corrected chi connectivity index (χ2v) is 6.77. The van der Waals surface area contributed by atoms with Gasteiger partial charge in [0.1, 0.15) is 5.75 Å². The lowest BCUT2D eigenvalue weighted by Gasteiger charge is -2.11. The van der Waals surface area contributed by atoms with Crippen molar-refractivity contribution in [2.24, 2.45) is 0 Å². The van der Waals surface area contributed by atoms with E-state index in [0.717, 1.165) is 24.3 Å². The highest BCUT2D eigenvalue weighted by molar-refractivity contribution is 7.92. The van der Waals surface area contributed by atoms with Crippen LogP contribution < -0.4 is 9.46 Å². The molecule has 1 N–H and O–H groups in total. The molecule has 0 aliphatic carbocycles. The highest BCUT2D eigenvalue weighted by Crippen LogP contribution is 2.28. The molecule has 10 heteroatoms. The van der Waals surface area contributed by atoms with Crippen LogP contribution in [-0.4, -0.2) is 14.8 Å². The minimum absolute atomic E-state index is 0.0816. The molecule has 124 valence electrons. The molecular formula is C13H8Cl2F3NO3S. The van der Waals surface area contributed by atoms with E-state index in [0.29, 0.717) is 5.02 Å². The predicted octanol–water partition coefficient (Wildman–Crippen LogP) is 4.69. The topological polar surface area (TPSA) is 55.4 Å². The summed E-state index contributed by atoms with van der Waals surface area (Å²) in [5.74, 6) is -0.527. The maximum absolute atomic E-state index is 12.2. The van der Waals surface area contributed by atoms with Crippen molar-refractivity contribution in [3.05, 3.63) is 52.5 Å². The monoisotopic (exact) mass is 385 g/mol. The summed E-state index contributed by atoms with van der Waals surface area (Å²) < 4.78 is 66.4. The molecule has 0 spiro atoms. The summed E-state index contributed by atoms with van der Waals surface area (Å²) in [6.45, 7) is 0. The number of ether oxygens (including phenoxy) is 1. The van der Waals surface area contributed by atoms with Crippen LogP contribution in [-0.2, 0) is 10.0 Å². The Bertz CT molecular complexity index is 808. The van der Waals surface area contributed by atoms with E-state index < -0.39 is 22.1 Å². The maximum Gasteiger partial charge on any atom is 0.573 e. The highest BCUT2D eigenvalue weighted by Gasteiger charge is 2.31. The van der Waals surface area contributed by atoms with Crippen LogP contribution in [0, 0.1) is 0 Å². The zero-order chi connectivity index (χ0) is 17.3. The molecule has 0 bridgehead atoms. The number of sulfonamides is 1. The van der Waals surface area contributed by atoms with Crippen LogP contribution in [0.5, 0.6) is 5.75 Å². The molecule has 2 aromatic rings. The van der Waals surface area contributed by atoms with Gasteiger partial charge in [0, 0.05) is 5.02 Å². The fourth-order valence-corrected chi connectivity index (χ4v) is 3.19. The molecule has 0 heterocycles. The third kappa shape index (κ3) is 4.92. The van der Waals surface area contributed by atoms with E-state index in [1.807, 2.05) is 0 Å². The number of anilines is 1. The average Bonchev–Trinajstić information content (AvgIpc) is 2.41. The molecule has 0 saturated heterocycles. The average molecular weight is 386 g/mol. The Morgan fingerprint density at radius 1 is 1.00 bits per heavy atom. The lowest BCUT2D eigenvalue weighted by Crippen LogP contribution is -2.17. The summed E-state index contributed by atoms with van der Waals surface area (Å²) in [4.78, 5) is -0.252. The van der Waals surface area contributed by atoms with Gasteiger partial charge in [0.2, 0.25) is 0 Å². The molecule has 0 unspecified atom stereocenters. The van der Waals surface area contributed by atoms with Crippen molar-refractivity contribution in [2.75, 3.05) is 4.72 Å². The molecule has 0 fully saturated rings. The number of alkyl halides is 3. The number of hydrogen-bond donors (Lipinski definition) is 1. The van der Waals surface area contributed by atoms with E-state index >= 15 is 0 Å². The van der Waals surface area contributed by atoms with Gasteiger partial charge in [-0.25, -0.2) is 8.42 Å². The molecule has 0 aromatic heterocycles. The first-order valence-corrected chi connectivity index (χ1v) is 8.14. The Balaban J connectivity index is 2.22. The molecule has 0 amide bonds. The van der Waals surface area contributed by atoms with Crippen molar-refractivity contribution in [3.63, 3.8) is 0 Å². The second kappa shape index (κ2) is 6.46. The number of nitrogens with one attached hydrogen (secondary N) is 1. The summed E-state index contributed by atoms with van der Waals surface area (Å²) in [6.07, 6.45) is -4.85. The second-order valence-electron chi connectivity index (χ2n) is 4.25. The molecule has 2 aromatic carbocycles. The number of hydrogen-bond acceptors (Lipinski definition) is 3. The predicted molar refractivity (Wildman–Crippen MR) is 80.4 cm³/mol. The van der Waals surface area contributed by atoms with Crippen molar-refractivity contribution in [3.8, 4) is 5.75 Å². The summed E-state index contributed by atoms with van der Waals surface area (Å²) in [6, 6.07) is 7.90. The van der Waals surface area contributed by atoms with Crippen LogP contribution >= 0.6 is 23.2 Å². The molecule has 23 heavy (non-hydrogen) atoms. The number of halogens is 5. The number of benzene rings is 2. The van der Waals surface area contributed by atoms with Crippen LogP contribution in [0.2, 0.25) is 10.0 Å². The van der Waals surface area contributed by atoms with E-state index in [4.69, 9.17) is 23.2 Å². The van der Waals surface area contributed by atoms with Crippen LogP contribution in [0.3, 0.4) is 0 Å².